The number of carbonyl (C=O) groups is 6. The number of piperidine rings is 1. The Kier molecular flexibility index (Phi) is 10.4. The van der Waals surface area contributed by atoms with E-state index in [1.165, 1.54) is 17.4 Å². The Hall–Kier alpha value is -5.89. The Bertz CT molecular complexity index is 2260. The molecule has 1 atom stereocenters. The molecule has 1 saturated heterocycles. The first-order valence-electron chi connectivity index (χ1n) is 19.1. The summed E-state index contributed by atoms with van der Waals surface area (Å²) in [6, 6.07) is 17.4. The van der Waals surface area contributed by atoms with Gasteiger partial charge in [-0.15, -0.1) is 11.3 Å². The average molecular weight is 776 g/mol. The summed E-state index contributed by atoms with van der Waals surface area (Å²) >= 11 is 1.44. The minimum absolute atomic E-state index is 0.0534. The first-order valence-corrected chi connectivity index (χ1v) is 19.9. The van der Waals surface area contributed by atoms with Crippen molar-refractivity contribution in [1.82, 2.24) is 15.2 Å². The van der Waals surface area contributed by atoms with E-state index in [0.717, 1.165) is 76.5 Å². The van der Waals surface area contributed by atoms with Crippen LogP contribution in [-0.2, 0) is 32.0 Å². The lowest BCUT2D eigenvalue weighted by atomic mass is 10.0. The number of amides is 6. The number of nitrogens with one attached hydrogen (secondary N) is 2. The molecule has 0 spiro atoms. The summed E-state index contributed by atoms with van der Waals surface area (Å²) in [6.07, 6.45) is 5.32. The zero-order chi connectivity index (χ0) is 38.9. The van der Waals surface area contributed by atoms with Gasteiger partial charge in [0.25, 0.3) is 11.8 Å². The van der Waals surface area contributed by atoms with Crippen LogP contribution in [0.4, 0.5) is 10.8 Å². The van der Waals surface area contributed by atoms with Crippen LogP contribution in [0.1, 0.15) is 81.7 Å². The third-order valence-corrected chi connectivity index (χ3v) is 11.4. The fourth-order valence-electron chi connectivity index (χ4n) is 7.50. The second-order valence-electron chi connectivity index (χ2n) is 14.5. The molecule has 3 aliphatic heterocycles. The molecule has 14 heteroatoms. The molecule has 8 rings (SSSR count). The third-order valence-electron chi connectivity index (χ3n) is 10.5. The summed E-state index contributed by atoms with van der Waals surface area (Å²) in [7, 11) is 0. The van der Waals surface area contributed by atoms with E-state index in [-0.39, 0.29) is 53.9 Å². The van der Waals surface area contributed by atoms with Gasteiger partial charge in [-0.05, 0) is 99.4 Å². The Morgan fingerprint density at radius 1 is 0.911 bits per heavy atom. The maximum Gasteiger partial charge on any atom is 0.266 e. The van der Waals surface area contributed by atoms with Crippen LogP contribution in [0.2, 0.25) is 0 Å². The second kappa shape index (κ2) is 15.7. The molecule has 0 bridgehead atoms. The summed E-state index contributed by atoms with van der Waals surface area (Å²) in [5.41, 5.74) is 5.08. The number of hydrogen-bond acceptors (Lipinski definition) is 10. The number of thiazole rings is 1. The number of benzene rings is 3. The van der Waals surface area contributed by atoms with Crippen molar-refractivity contribution in [2.45, 2.75) is 70.8 Å². The smallest absolute Gasteiger partial charge is 0.266 e. The van der Waals surface area contributed by atoms with E-state index >= 15 is 0 Å². The number of aromatic nitrogens is 1. The lowest BCUT2D eigenvalue weighted by molar-refractivity contribution is -0.136. The molecule has 4 aromatic rings. The van der Waals surface area contributed by atoms with E-state index in [1.807, 2.05) is 48.2 Å². The highest BCUT2D eigenvalue weighted by atomic mass is 32.1. The molecule has 1 aliphatic carbocycles. The van der Waals surface area contributed by atoms with Crippen LogP contribution in [0, 0.1) is 12.8 Å². The predicted molar refractivity (Wildman–Crippen MR) is 208 cm³/mol. The summed E-state index contributed by atoms with van der Waals surface area (Å²) < 4.78 is 11.9. The maximum atomic E-state index is 13.3. The van der Waals surface area contributed by atoms with E-state index < -0.39 is 29.7 Å². The molecule has 3 aromatic carbocycles. The van der Waals surface area contributed by atoms with E-state index in [9.17, 15) is 28.8 Å². The van der Waals surface area contributed by atoms with Crippen LogP contribution in [0.5, 0.6) is 11.5 Å². The van der Waals surface area contributed by atoms with Gasteiger partial charge < -0.3 is 19.7 Å². The van der Waals surface area contributed by atoms with E-state index in [4.69, 9.17) is 14.5 Å². The molecule has 288 valence electrons. The summed E-state index contributed by atoms with van der Waals surface area (Å²) in [5.74, 6) is -1.06. The molecule has 13 nitrogen and oxygen atoms in total. The standard InChI is InChI=1S/C42H41N5O8S/c1-24-37(28-13-14-31-27(23-28)17-18-46(31)39(51)26-11-12-26)45-42(56-24)44-35(49)22-25-7-5-8-29(21-25)54-19-3-2-4-20-55-33-10-6-9-30-36(33)41(53)47(40(30)52)32-15-16-34(48)43-38(32)50/h5-10,13-14,21,23,26,32H,2-4,11-12,15-20,22H2,1H3,(H,43,48,50)(H,44,45,49). The van der Waals surface area contributed by atoms with Crippen molar-refractivity contribution in [3.63, 3.8) is 0 Å². The van der Waals surface area contributed by atoms with E-state index in [2.05, 4.69) is 16.7 Å². The molecule has 2 fully saturated rings. The van der Waals surface area contributed by atoms with Crippen LogP contribution in [-0.4, -0.2) is 71.1 Å². The van der Waals surface area contributed by atoms with Crippen molar-refractivity contribution in [2.24, 2.45) is 5.92 Å². The minimum Gasteiger partial charge on any atom is -0.494 e. The highest BCUT2D eigenvalue weighted by Crippen LogP contribution is 2.39. The topological polar surface area (TPSA) is 164 Å². The number of carbonyl (C=O) groups excluding carboxylic acids is 6. The molecule has 1 unspecified atom stereocenters. The summed E-state index contributed by atoms with van der Waals surface area (Å²) in [6.45, 7) is 3.49. The quantitative estimate of drug-likeness (QED) is 0.122. The minimum atomic E-state index is -1.03. The molecular weight excluding hydrogens is 735 g/mol. The van der Waals surface area contributed by atoms with Gasteiger partial charge in [-0.25, -0.2) is 4.98 Å². The zero-order valence-electron chi connectivity index (χ0n) is 30.9. The van der Waals surface area contributed by atoms with Crippen LogP contribution in [0.3, 0.4) is 0 Å². The van der Waals surface area contributed by atoms with Gasteiger partial charge in [0.15, 0.2) is 5.13 Å². The number of anilines is 2. The van der Waals surface area contributed by atoms with Gasteiger partial charge in [-0.2, -0.15) is 0 Å². The zero-order valence-corrected chi connectivity index (χ0v) is 31.7. The van der Waals surface area contributed by atoms with Crippen LogP contribution in [0.15, 0.2) is 60.7 Å². The van der Waals surface area contributed by atoms with Crippen LogP contribution < -0.4 is 25.0 Å². The van der Waals surface area contributed by atoms with Gasteiger partial charge in [0.05, 0.1) is 36.5 Å². The molecule has 4 aliphatic rings. The largest absolute Gasteiger partial charge is 0.494 e. The van der Waals surface area contributed by atoms with Gasteiger partial charge in [0.1, 0.15) is 17.5 Å². The number of fused-ring (bicyclic) bond motifs is 2. The van der Waals surface area contributed by atoms with E-state index in [0.29, 0.717) is 30.5 Å². The maximum absolute atomic E-state index is 13.3. The molecule has 1 saturated carbocycles. The number of unbranched alkanes of at least 4 members (excludes halogenated alkanes) is 2. The number of hydrogen-bond donors (Lipinski definition) is 2. The fourth-order valence-corrected chi connectivity index (χ4v) is 8.35. The molecule has 6 amide bonds. The van der Waals surface area contributed by atoms with Gasteiger partial charge in [-0.3, -0.25) is 39.0 Å². The lowest BCUT2D eigenvalue weighted by Gasteiger charge is -2.27. The molecular formula is C42H41N5O8S. The Morgan fingerprint density at radius 3 is 2.52 bits per heavy atom. The fraction of sp³-hybridized carbons (Fsp3) is 0.357. The number of ether oxygens (including phenoxy) is 2. The van der Waals surface area contributed by atoms with Gasteiger partial charge in [0, 0.05) is 35.0 Å². The highest BCUT2D eigenvalue weighted by molar-refractivity contribution is 7.16. The number of imide groups is 2. The number of aryl methyl sites for hydroxylation is 1. The number of rotatable bonds is 14. The van der Waals surface area contributed by atoms with Gasteiger partial charge in [0.2, 0.25) is 23.6 Å². The second-order valence-corrected chi connectivity index (χ2v) is 15.7. The molecule has 1 aromatic heterocycles. The summed E-state index contributed by atoms with van der Waals surface area (Å²) in [5, 5.41) is 5.70. The van der Waals surface area contributed by atoms with Gasteiger partial charge >= 0.3 is 0 Å². The molecule has 56 heavy (non-hydrogen) atoms. The predicted octanol–water partition coefficient (Wildman–Crippen LogP) is 5.63. The average Bonchev–Trinajstić information content (AvgIpc) is 3.77. The van der Waals surface area contributed by atoms with Crippen LogP contribution >= 0.6 is 11.3 Å². The monoisotopic (exact) mass is 775 g/mol. The number of nitrogens with zero attached hydrogens (tertiary/aromatic N) is 3. The van der Waals surface area contributed by atoms with Gasteiger partial charge in [-0.1, -0.05) is 24.3 Å². The first-order chi connectivity index (χ1) is 27.1. The SMILES string of the molecule is Cc1sc(NC(=O)Cc2cccc(OCCCCCOc3cccc4c3C(=O)N(C3CCC(=O)NC3=O)C4=O)c2)nc1-c1ccc2c(c1)CCN2C(=O)C1CC1. The Balaban J connectivity index is 0.776. The van der Waals surface area contributed by atoms with Crippen LogP contribution in [0.25, 0.3) is 11.3 Å². The molecule has 4 heterocycles. The normalized spacial score (nSPS) is 17.5. The Labute approximate surface area is 327 Å². The molecule has 0 radical (unpaired) electrons. The Morgan fingerprint density at radius 2 is 1.71 bits per heavy atom. The van der Waals surface area contributed by atoms with E-state index in [1.54, 1.807) is 12.1 Å². The van der Waals surface area contributed by atoms with Crippen molar-refractivity contribution in [1.29, 1.82) is 0 Å². The lowest BCUT2D eigenvalue weighted by Crippen LogP contribution is -2.54. The van der Waals surface area contributed by atoms with Crippen molar-refractivity contribution >= 4 is 57.6 Å². The highest BCUT2D eigenvalue weighted by Gasteiger charge is 2.46. The van der Waals surface area contributed by atoms with Crippen molar-refractivity contribution in [2.75, 3.05) is 30.0 Å². The summed E-state index contributed by atoms with van der Waals surface area (Å²) in [4.78, 5) is 84.6. The van der Waals surface area contributed by atoms with Crippen molar-refractivity contribution in [3.8, 4) is 22.8 Å². The van der Waals surface area contributed by atoms with Crippen molar-refractivity contribution in [3.05, 3.63) is 87.8 Å². The first kappa shape index (κ1) is 37.1. The van der Waals surface area contributed by atoms with Crippen molar-refractivity contribution < 1.29 is 38.2 Å². The molecule has 2 N–H and O–H groups in total. The third kappa shape index (κ3) is 7.65.